The van der Waals surface area contributed by atoms with Gasteiger partial charge in [-0.3, -0.25) is 0 Å². The van der Waals surface area contributed by atoms with Gasteiger partial charge in [0.2, 0.25) is 5.95 Å². The zero-order valence-electron chi connectivity index (χ0n) is 12.3. The summed E-state index contributed by atoms with van der Waals surface area (Å²) >= 11 is 0. The van der Waals surface area contributed by atoms with Gasteiger partial charge in [-0.05, 0) is 38.0 Å². The van der Waals surface area contributed by atoms with Gasteiger partial charge in [-0.2, -0.15) is 0 Å². The van der Waals surface area contributed by atoms with Gasteiger partial charge in [0.15, 0.2) is 0 Å². The van der Waals surface area contributed by atoms with Crippen LogP contribution in [0.3, 0.4) is 0 Å². The molecule has 0 bridgehead atoms. The number of nitrogens with zero attached hydrogens (tertiary/aromatic N) is 2. The second-order valence-corrected chi connectivity index (χ2v) is 6.45. The Morgan fingerprint density at radius 3 is 2.94 bits per heavy atom. The number of aryl methyl sites for hydroxylation is 1. The molecule has 0 saturated heterocycles. The highest BCUT2D eigenvalue weighted by molar-refractivity contribution is 5.29. The fourth-order valence-electron chi connectivity index (χ4n) is 3.06. The van der Waals surface area contributed by atoms with Crippen molar-refractivity contribution in [1.82, 2.24) is 9.55 Å². The number of hydrogen-bond acceptors (Lipinski definition) is 2. The molecule has 1 aromatic rings. The third-order valence-electron chi connectivity index (χ3n) is 3.96. The van der Waals surface area contributed by atoms with Gasteiger partial charge in [-0.15, -0.1) is 0 Å². The standard InChI is InChI=1S/C15H27N3/c1-5-9-16-14-17-12(2)11-18(14)13-7-6-8-15(3,4)10-13/h11,13H,5-10H2,1-4H3,(H,16,17). The number of rotatable bonds is 4. The molecule has 1 unspecified atom stereocenters. The van der Waals surface area contributed by atoms with Gasteiger partial charge in [0.1, 0.15) is 0 Å². The zero-order valence-corrected chi connectivity index (χ0v) is 12.3. The van der Waals surface area contributed by atoms with E-state index in [0.29, 0.717) is 11.5 Å². The summed E-state index contributed by atoms with van der Waals surface area (Å²) in [5.41, 5.74) is 1.60. The largest absolute Gasteiger partial charge is 0.356 e. The van der Waals surface area contributed by atoms with Crippen molar-refractivity contribution < 1.29 is 0 Å². The molecule has 3 heteroatoms. The summed E-state index contributed by atoms with van der Waals surface area (Å²) in [4.78, 5) is 4.62. The van der Waals surface area contributed by atoms with Gasteiger partial charge in [-0.25, -0.2) is 4.98 Å². The minimum absolute atomic E-state index is 0.475. The van der Waals surface area contributed by atoms with Crippen LogP contribution in [0.15, 0.2) is 6.20 Å². The Morgan fingerprint density at radius 1 is 1.50 bits per heavy atom. The molecule has 1 N–H and O–H groups in total. The lowest BCUT2D eigenvalue weighted by Gasteiger charge is -2.36. The maximum Gasteiger partial charge on any atom is 0.203 e. The second-order valence-electron chi connectivity index (χ2n) is 6.45. The van der Waals surface area contributed by atoms with Crippen LogP contribution in [0.2, 0.25) is 0 Å². The first-order chi connectivity index (χ1) is 8.52. The van der Waals surface area contributed by atoms with Crippen molar-refractivity contribution >= 4 is 5.95 Å². The molecule has 0 amide bonds. The van der Waals surface area contributed by atoms with Crippen LogP contribution in [0.1, 0.15) is 64.6 Å². The Morgan fingerprint density at radius 2 is 2.28 bits per heavy atom. The summed E-state index contributed by atoms with van der Waals surface area (Å²) in [5.74, 6) is 1.07. The SMILES string of the molecule is CCCNc1nc(C)cn1C1CCCC(C)(C)C1. The van der Waals surface area contributed by atoms with Crippen LogP contribution in [0.5, 0.6) is 0 Å². The van der Waals surface area contributed by atoms with E-state index < -0.39 is 0 Å². The first-order valence-corrected chi connectivity index (χ1v) is 7.31. The maximum atomic E-state index is 4.62. The highest BCUT2D eigenvalue weighted by atomic mass is 15.2. The quantitative estimate of drug-likeness (QED) is 0.868. The average Bonchev–Trinajstić information content (AvgIpc) is 2.66. The van der Waals surface area contributed by atoms with Crippen molar-refractivity contribution in [3.05, 3.63) is 11.9 Å². The molecule has 1 aromatic heterocycles. The number of aromatic nitrogens is 2. The van der Waals surface area contributed by atoms with Crippen molar-refractivity contribution in [3.63, 3.8) is 0 Å². The topological polar surface area (TPSA) is 29.9 Å². The van der Waals surface area contributed by atoms with E-state index in [1.807, 2.05) is 0 Å². The molecule has 1 aliphatic carbocycles. The Labute approximate surface area is 111 Å². The summed E-state index contributed by atoms with van der Waals surface area (Å²) in [7, 11) is 0. The highest BCUT2D eigenvalue weighted by Gasteiger charge is 2.29. The first-order valence-electron chi connectivity index (χ1n) is 7.31. The van der Waals surface area contributed by atoms with Gasteiger partial charge < -0.3 is 9.88 Å². The fourth-order valence-corrected chi connectivity index (χ4v) is 3.06. The number of imidazole rings is 1. The van der Waals surface area contributed by atoms with Crippen LogP contribution in [-0.2, 0) is 0 Å². The molecule has 3 nitrogen and oxygen atoms in total. The minimum Gasteiger partial charge on any atom is -0.356 e. The monoisotopic (exact) mass is 249 g/mol. The smallest absolute Gasteiger partial charge is 0.203 e. The Kier molecular flexibility index (Phi) is 3.98. The average molecular weight is 249 g/mol. The molecule has 18 heavy (non-hydrogen) atoms. The van der Waals surface area contributed by atoms with Crippen LogP contribution in [0.25, 0.3) is 0 Å². The Bertz CT molecular complexity index is 392. The molecule has 1 atom stereocenters. The summed E-state index contributed by atoms with van der Waals surface area (Å²) in [6, 6.07) is 0.620. The highest BCUT2D eigenvalue weighted by Crippen LogP contribution is 2.41. The normalized spacial score (nSPS) is 23.0. The molecule has 102 valence electrons. The van der Waals surface area contributed by atoms with Crippen LogP contribution >= 0.6 is 0 Å². The molecular formula is C15H27N3. The molecule has 0 radical (unpaired) electrons. The second kappa shape index (κ2) is 5.33. The summed E-state index contributed by atoms with van der Waals surface area (Å²) in [6.45, 7) is 10.1. The predicted octanol–water partition coefficient (Wildman–Crippen LogP) is 4.15. The van der Waals surface area contributed by atoms with Gasteiger partial charge in [0.25, 0.3) is 0 Å². The molecule has 1 fully saturated rings. The van der Waals surface area contributed by atoms with Crippen molar-refractivity contribution in [3.8, 4) is 0 Å². The predicted molar refractivity (Wildman–Crippen MR) is 77.0 cm³/mol. The lowest BCUT2D eigenvalue weighted by molar-refractivity contribution is 0.184. The van der Waals surface area contributed by atoms with Gasteiger partial charge in [0.05, 0.1) is 5.69 Å². The maximum absolute atomic E-state index is 4.62. The summed E-state index contributed by atoms with van der Waals surface area (Å²) in [6.07, 6.45) is 8.60. The van der Waals surface area contributed by atoms with Crippen molar-refractivity contribution in [2.24, 2.45) is 5.41 Å². The van der Waals surface area contributed by atoms with E-state index >= 15 is 0 Å². The van der Waals surface area contributed by atoms with Gasteiger partial charge in [-0.1, -0.05) is 27.2 Å². The molecule has 1 saturated carbocycles. The Hall–Kier alpha value is -0.990. The summed E-state index contributed by atoms with van der Waals surface area (Å²) in [5, 5.41) is 3.46. The fraction of sp³-hybridized carbons (Fsp3) is 0.800. The lowest BCUT2D eigenvalue weighted by atomic mass is 9.75. The van der Waals surface area contributed by atoms with Crippen molar-refractivity contribution in [1.29, 1.82) is 0 Å². The number of anilines is 1. The van der Waals surface area contributed by atoms with E-state index in [2.05, 4.69) is 48.8 Å². The molecular weight excluding hydrogens is 222 g/mol. The summed E-state index contributed by atoms with van der Waals surface area (Å²) < 4.78 is 2.38. The minimum atomic E-state index is 0.475. The van der Waals surface area contributed by atoms with Crippen LogP contribution in [0.4, 0.5) is 5.95 Å². The van der Waals surface area contributed by atoms with E-state index in [1.165, 1.54) is 25.7 Å². The van der Waals surface area contributed by atoms with E-state index in [4.69, 9.17) is 0 Å². The number of hydrogen-bond donors (Lipinski definition) is 1. The molecule has 1 aliphatic rings. The van der Waals surface area contributed by atoms with E-state index in [0.717, 1.165) is 24.6 Å². The third kappa shape index (κ3) is 3.06. The zero-order chi connectivity index (χ0) is 13.2. The Balaban J connectivity index is 2.16. The van der Waals surface area contributed by atoms with E-state index in [-0.39, 0.29) is 0 Å². The van der Waals surface area contributed by atoms with E-state index in [1.54, 1.807) is 0 Å². The van der Waals surface area contributed by atoms with Gasteiger partial charge in [0, 0.05) is 18.8 Å². The van der Waals surface area contributed by atoms with Crippen LogP contribution < -0.4 is 5.32 Å². The van der Waals surface area contributed by atoms with Crippen LogP contribution in [0, 0.1) is 12.3 Å². The molecule has 0 aliphatic heterocycles. The molecule has 1 heterocycles. The van der Waals surface area contributed by atoms with Crippen molar-refractivity contribution in [2.45, 2.75) is 65.8 Å². The third-order valence-corrected chi connectivity index (χ3v) is 3.96. The van der Waals surface area contributed by atoms with Gasteiger partial charge >= 0.3 is 0 Å². The molecule has 2 rings (SSSR count). The van der Waals surface area contributed by atoms with E-state index in [9.17, 15) is 0 Å². The number of nitrogens with one attached hydrogen (secondary N) is 1. The first kappa shape index (κ1) is 13.4. The van der Waals surface area contributed by atoms with Crippen LogP contribution in [-0.4, -0.2) is 16.1 Å². The molecule has 0 spiro atoms. The lowest BCUT2D eigenvalue weighted by Crippen LogP contribution is -2.25. The van der Waals surface area contributed by atoms with Crippen molar-refractivity contribution in [2.75, 3.05) is 11.9 Å². The molecule has 0 aromatic carbocycles.